The van der Waals surface area contributed by atoms with E-state index < -0.39 is 5.92 Å². The van der Waals surface area contributed by atoms with E-state index in [4.69, 9.17) is 0 Å². The van der Waals surface area contributed by atoms with Gasteiger partial charge in [-0.25, -0.2) is 8.78 Å². The molecule has 1 atom stereocenters. The number of rotatable bonds is 6. The average Bonchev–Trinajstić information content (AvgIpc) is 2.36. The van der Waals surface area contributed by atoms with E-state index in [1.54, 1.807) is 0 Å². The topological polar surface area (TPSA) is 0 Å². The largest absolute Gasteiger partial charge is 0.266 e. The number of hydrogen-bond acceptors (Lipinski definition) is 0. The van der Waals surface area contributed by atoms with Gasteiger partial charge in [-0.15, -0.1) is 6.58 Å². The minimum absolute atomic E-state index is 0.0388. The fourth-order valence-electron chi connectivity index (χ4n) is 2.69. The molecule has 0 aliphatic heterocycles. The Labute approximate surface area is 104 Å². The SMILES string of the molecule is C=CC(C)C1CCC(CCC(F)(F)C=C)CC1. The zero-order valence-corrected chi connectivity index (χ0v) is 10.8. The first kappa shape index (κ1) is 14.4. The van der Waals surface area contributed by atoms with Gasteiger partial charge in [0, 0.05) is 6.42 Å². The highest BCUT2D eigenvalue weighted by molar-refractivity contribution is 4.89. The minimum Gasteiger partial charge on any atom is -0.202 e. The second-order valence-corrected chi connectivity index (χ2v) is 5.38. The molecule has 0 aromatic rings. The molecule has 0 aromatic heterocycles. The van der Waals surface area contributed by atoms with Crippen LogP contribution < -0.4 is 0 Å². The third-order valence-corrected chi connectivity index (χ3v) is 4.19. The van der Waals surface area contributed by atoms with E-state index in [1.807, 2.05) is 6.08 Å². The summed E-state index contributed by atoms with van der Waals surface area (Å²) in [5.74, 6) is -0.922. The molecule has 2 heteroatoms. The van der Waals surface area contributed by atoms with Gasteiger partial charge in [-0.2, -0.15) is 0 Å². The van der Waals surface area contributed by atoms with Crippen LogP contribution in [0, 0.1) is 17.8 Å². The molecule has 1 aliphatic carbocycles. The summed E-state index contributed by atoms with van der Waals surface area (Å²) in [4.78, 5) is 0. The van der Waals surface area contributed by atoms with Crippen LogP contribution in [0.3, 0.4) is 0 Å². The monoisotopic (exact) mass is 242 g/mol. The van der Waals surface area contributed by atoms with Gasteiger partial charge in [0.2, 0.25) is 0 Å². The molecule has 0 heterocycles. The molecule has 0 aromatic carbocycles. The Morgan fingerprint density at radius 1 is 1.24 bits per heavy atom. The van der Waals surface area contributed by atoms with Crippen LogP contribution in [0.2, 0.25) is 0 Å². The van der Waals surface area contributed by atoms with Crippen LogP contribution in [0.4, 0.5) is 8.78 Å². The quantitative estimate of drug-likeness (QED) is 0.560. The summed E-state index contributed by atoms with van der Waals surface area (Å²) in [6.07, 6.45) is 7.90. The van der Waals surface area contributed by atoms with Gasteiger partial charge in [-0.05, 0) is 43.1 Å². The number of allylic oxidation sites excluding steroid dienone is 2. The Balaban J connectivity index is 2.28. The van der Waals surface area contributed by atoms with Crippen molar-refractivity contribution >= 4 is 0 Å². The smallest absolute Gasteiger partial charge is 0.202 e. The molecular formula is C15H24F2. The van der Waals surface area contributed by atoms with Crippen LogP contribution in [-0.4, -0.2) is 5.92 Å². The van der Waals surface area contributed by atoms with Crippen LogP contribution in [0.1, 0.15) is 45.4 Å². The lowest BCUT2D eigenvalue weighted by Crippen LogP contribution is -2.21. The minimum atomic E-state index is -2.68. The predicted octanol–water partition coefficient (Wildman–Crippen LogP) is 5.22. The van der Waals surface area contributed by atoms with Crippen molar-refractivity contribution < 1.29 is 8.78 Å². The summed E-state index contributed by atoms with van der Waals surface area (Å²) < 4.78 is 26.1. The molecule has 1 aliphatic rings. The Kier molecular flexibility index (Phi) is 5.35. The van der Waals surface area contributed by atoms with Gasteiger partial charge in [0.15, 0.2) is 0 Å². The maximum absolute atomic E-state index is 13.0. The van der Waals surface area contributed by atoms with Crippen molar-refractivity contribution in [3.8, 4) is 0 Å². The van der Waals surface area contributed by atoms with Crippen LogP contribution in [-0.2, 0) is 0 Å². The molecule has 0 nitrogen and oxygen atoms in total. The summed E-state index contributed by atoms with van der Waals surface area (Å²) in [5.41, 5.74) is 0. The molecule has 1 rings (SSSR count). The molecule has 98 valence electrons. The van der Waals surface area contributed by atoms with Crippen molar-refractivity contribution in [2.75, 3.05) is 0 Å². The molecule has 0 N–H and O–H groups in total. The summed E-state index contributed by atoms with van der Waals surface area (Å²) in [7, 11) is 0. The van der Waals surface area contributed by atoms with Crippen molar-refractivity contribution in [3.63, 3.8) is 0 Å². The maximum Gasteiger partial charge on any atom is 0.266 e. The summed E-state index contributed by atoms with van der Waals surface area (Å²) >= 11 is 0. The fraction of sp³-hybridized carbons (Fsp3) is 0.733. The lowest BCUT2D eigenvalue weighted by molar-refractivity contribution is 0.0354. The highest BCUT2D eigenvalue weighted by Gasteiger charge is 2.28. The van der Waals surface area contributed by atoms with Gasteiger partial charge in [0.25, 0.3) is 5.92 Å². The van der Waals surface area contributed by atoms with Crippen molar-refractivity contribution in [1.82, 2.24) is 0 Å². The van der Waals surface area contributed by atoms with Gasteiger partial charge in [-0.3, -0.25) is 0 Å². The fourth-order valence-corrected chi connectivity index (χ4v) is 2.69. The van der Waals surface area contributed by atoms with Gasteiger partial charge in [-0.1, -0.05) is 32.4 Å². The van der Waals surface area contributed by atoms with Crippen LogP contribution in [0.25, 0.3) is 0 Å². The molecule has 1 saturated carbocycles. The van der Waals surface area contributed by atoms with Crippen molar-refractivity contribution in [3.05, 3.63) is 25.3 Å². The van der Waals surface area contributed by atoms with Gasteiger partial charge < -0.3 is 0 Å². The molecular weight excluding hydrogens is 218 g/mol. The molecule has 0 saturated heterocycles. The van der Waals surface area contributed by atoms with Crippen molar-refractivity contribution in [2.45, 2.75) is 51.4 Å². The second kappa shape index (κ2) is 6.32. The highest BCUT2D eigenvalue weighted by atomic mass is 19.3. The molecule has 1 unspecified atom stereocenters. The average molecular weight is 242 g/mol. The molecule has 0 bridgehead atoms. The first-order valence-electron chi connectivity index (χ1n) is 6.62. The standard InChI is InChI=1S/C15H24F2/c1-4-12(3)14-8-6-13(7-9-14)10-11-15(16,17)5-2/h4-5,12-14H,1-2,6-11H2,3H3. The van der Waals surface area contributed by atoms with E-state index in [0.29, 0.717) is 24.2 Å². The van der Waals surface area contributed by atoms with E-state index in [2.05, 4.69) is 20.1 Å². The van der Waals surface area contributed by atoms with Gasteiger partial charge in [0.05, 0.1) is 0 Å². The Hall–Kier alpha value is -0.660. The molecule has 0 radical (unpaired) electrons. The zero-order valence-electron chi connectivity index (χ0n) is 10.8. The van der Waals surface area contributed by atoms with Gasteiger partial charge in [0.1, 0.15) is 0 Å². The van der Waals surface area contributed by atoms with Crippen molar-refractivity contribution in [2.24, 2.45) is 17.8 Å². The normalized spacial score (nSPS) is 27.5. The lowest BCUT2D eigenvalue weighted by Gasteiger charge is -2.31. The highest BCUT2D eigenvalue weighted by Crippen LogP contribution is 2.37. The van der Waals surface area contributed by atoms with E-state index in [0.717, 1.165) is 31.8 Å². The number of alkyl halides is 2. The Bertz CT molecular complexity index is 250. The summed E-state index contributed by atoms with van der Waals surface area (Å²) in [6, 6.07) is 0. The van der Waals surface area contributed by atoms with E-state index in [1.165, 1.54) is 0 Å². The van der Waals surface area contributed by atoms with E-state index in [-0.39, 0.29) is 6.42 Å². The van der Waals surface area contributed by atoms with Gasteiger partial charge >= 0.3 is 0 Å². The third-order valence-electron chi connectivity index (χ3n) is 4.19. The lowest BCUT2D eigenvalue weighted by atomic mass is 9.75. The Morgan fingerprint density at radius 2 is 1.82 bits per heavy atom. The van der Waals surface area contributed by atoms with E-state index in [9.17, 15) is 8.78 Å². The summed E-state index contributed by atoms with van der Waals surface area (Å²) in [6.45, 7) is 9.20. The second-order valence-electron chi connectivity index (χ2n) is 5.38. The first-order valence-corrected chi connectivity index (χ1v) is 6.62. The first-order chi connectivity index (χ1) is 7.98. The number of hydrogen-bond donors (Lipinski definition) is 0. The zero-order chi connectivity index (χ0) is 12.9. The molecule has 0 spiro atoms. The predicted molar refractivity (Wildman–Crippen MR) is 69.2 cm³/mol. The van der Waals surface area contributed by atoms with Crippen LogP contribution in [0.15, 0.2) is 25.3 Å². The maximum atomic E-state index is 13.0. The molecule has 0 amide bonds. The molecule has 17 heavy (non-hydrogen) atoms. The summed E-state index contributed by atoms with van der Waals surface area (Å²) in [5, 5.41) is 0. The number of halogens is 2. The third kappa shape index (κ3) is 4.61. The molecule has 1 fully saturated rings. The Morgan fingerprint density at radius 3 is 2.29 bits per heavy atom. The van der Waals surface area contributed by atoms with E-state index >= 15 is 0 Å². The van der Waals surface area contributed by atoms with Crippen LogP contribution >= 0.6 is 0 Å². The van der Waals surface area contributed by atoms with Crippen molar-refractivity contribution in [1.29, 1.82) is 0 Å². The van der Waals surface area contributed by atoms with Crippen LogP contribution in [0.5, 0.6) is 0 Å².